The van der Waals surface area contributed by atoms with Crippen LogP contribution in [0, 0.1) is 0 Å². The highest BCUT2D eigenvalue weighted by Crippen LogP contribution is 2.33. The standard InChI is InChI=1S/C17H13Cl2N3O2S2/c1-24-11-5-2-4-10(8-11)15(23)20-16-21-22-17(26-16)25-9-12-13(18)6-3-7-14(12)19/h2-8H,9H2,1H3,(H,20,21,23). The molecule has 1 N–H and O–H groups in total. The molecular weight excluding hydrogens is 413 g/mol. The summed E-state index contributed by atoms with van der Waals surface area (Å²) in [6.07, 6.45) is 0. The van der Waals surface area contributed by atoms with Gasteiger partial charge >= 0.3 is 0 Å². The fourth-order valence-corrected chi connectivity index (χ4v) is 4.54. The number of hydrogen-bond acceptors (Lipinski definition) is 6. The van der Waals surface area contributed by atoms with E-state index in [9.17, 15) is 4.79 Å². The fourth-order valence-electron chi connectivity index (χ4n) is 2.06. The Balaban J connectivity index is 1.63. The largest absolute Gasteiger partial charge is 0.497 e. The Labute approximate surface area is 168 Å². The average molecular weight is 426 g/mol. The maximum Gasteiger partial charge on any atom is 0.257 e. The summed E-state index contributed by atoms with van der Waals surface area (Å²) in [5.41, 5.74) is 1.33. The minimum atomic E-state index is -0.272. The van der Waals surface area contributed by atoms with Crippen molar-refractivity contribution in [2.45, 2.75) is 10.1 Å². The molecule has 0 unspecified atom stereocenters. The van der Waals surface area contributed by atoms with Crippen molar-refractivity contribution in [3.05, 3.63) is 63.6 Å². The first-order valence-electron chi connectivity index (χ1n) is 7.41. The number of hydrogen-bond donors (Lipinski definition) is 1. The fraction of sp³-hybridized carbons (Fsp3) is 0.118. The molecule has 134 valence electrons. The van der Waals surface area contributed by atoms with E-state index < -0.39 is 0 Å². The highest BCUT2D eigenvalue weighted by Gasteiger charge is 2.13. The number of anilines is 1. The third-order valence-corrected chi connectivity index (χ3v) is 6.07. The van der Waals surface area contributed by atoms with E-state index in [0.717, 1.165) is 5.56 Å². The molecule has 1 heterocycles. The third-order valence-electron chi connectivity index (χ3n) is 3.36. The second-order valence-corrected chi connectivity index (χ2v) is 8.06. The average Bonchev–Trinajstić information content (AvgIpc) is 3.08. The number of amides is 1. The van der Waals surface area contributed by atoms with Gasteiger partial charge in [-0.25, -0.2) is 0 Å². The molecule has 0 saturated heterocycles. The molecule has 0 bridgehead atoms. The minimum absolute atomic E-state index is 0.272. The van der Waals surface area contributed by atoms with Crippen LogP contribution in [0.15, 0.2) is 46.8 Å². The Morgan fingerprint density at radius 1 is 1.19 bits per heavy atom. The number of benzene rings is 2. The lowest BCUT2D eigenvalue weighted by molar-refractivity contribution is 0.102. The Kier molecular flexibility index (Phi) is 6.37. The van der Waals surface area contributed by atoms with Crippen molar-refractivity contribution in [3.8, 4) is 5.75 Å². The predicted molar refractivity (Wildman–Crippen MR) is 107 cm³/mol. The highest BCUT2D eigenvalue weighted by atomic mass is 35.5. The van der Waals surface area contributed by atoms with Crippen molar-refractivity contribution in [2.24, 2.45) is 0 Å². The molecule has 0 aliphatic heterocycles. The maximum atomic E-state index is 12.3. The van der Waals surface area contributed by atoms with E-state index in [-0.39, 0.29) is 5.91 Å². The van der Waals surface area contributed by atoms with Gasteiger partial charge < -0.3 is 4.74 Å². The van der Waals surface area contributed by atoms with Gasteiger partial charge in [0.05, 0.1) is 7.11 Å². The zero-order valence-corrected chi connectivity index (χ0v) is 16.7. The van der Waals surface area contributed by atoms with Gasteiger partial charge in [0.2, 0.25) is 5.13 Å². The molecule has 0 saturated carbocycles. The number of thioether (sulfide) groups is 1. The van der Waals surface area contributed by atoms with Crippen molar-refractivity contribution < 1.29 is 9.53 Å². The molecule has 0 aliphatic rings. The lowest BCUT2D eigenvalue weighted by atomic mass is 10.2. The monoisotopic (exact) mass is 425 g/mol. The van der Waals surface area contributed by atoms with E-state index in [4.69, 9.17) is 27.9 Å². The molecule has 0 aliphatic carbocycles. The molecule has 3 rings (SSSR count). The molecule has 5 nitrogen and oxygen atoms in total. The zero-order chi connectivity index (χ0) is 18.5. The van der Waals surface area contributed by atoms with Gasteiger partial charge in [-0.05, 0) is 35.9 Å². The number of nitrogens with zero attached hydrogens (tertiary/aromatic N) is 2. The van der Waals surface area contributed by atoms with Crippen molar-refractivity contribution in [1.29, 1.82) is 0 Å². The molecule has 3 aromatic rings. The lowest BCUT2D eigenvalue weighted by Crippen LogP contribution is -2.11. The number of methoxy groups -OCH3 is 1. The van der Waals surface area contributed by atoms with Gasteiger partial charge in [0.1, 0.15) is 5.75 Å². The number of rotatable bonds is 6. The summed E-state index contributed by atoms with van der Waals surface area (Å²) in [7, 11) is 1.55. The van der Waals surface area contributed by atoms with Crippen LogP contribution in [0.4, 0.5) is 5.13 Å². The van der Waals surface area contributed by atoms with Crippen LogP contribution in [0.25, 0.3) is 0 Å². The molecule has 2 aromatic carbocycles. The number of carbonyl (C=O) groups excluding carboxylic acids is 1. The molecule has 0 spiro atoms. The summed E-state index contributed by atoms with van der Waals surface area (Å²) in [5.74, 6) is 0.908. The SMILES string of the molecule is COc1cccc(C(=O)Nc2nnc(SCc3c(Cl)cccc3Cl)s2)c1. The van der Waals surface area contributed by atoms with Crippen molar-refractivity contribution in [1.82, 2.24) is 10.2 Å². The first kappa shape index (κ1) is 19.0. The first-order valence-corrected chi connectivity index (χ1v) is 9.97. The summed E-state index contributed by atoms with van der Waals surface area (Å²) in [5, 5.41) is 12.5. The van der Waals surface area contributed by atoms with E-state index in [1.54, 1.807) is 49.6 Å². The van der Waals surface area contributed by atoms with Gasteiger partial charge in [-0.15, -0.1) is 10.2 Å². The number of halogens is 2. The van der Waals surface area contributed by atoms with E-state index in [0.29, 0.717) is 36.6 Å². The molecule has 0 radical (unpaired) electrons. The second-order valence-electron chi connectivity index (χ2n) is 5.05. The summed E-state index contributed by atoms with van der Waals surface area (Å²) < 4.78 is 5.83. The lowest BCUT2D eigenvalue weighted by Gasteiger charge is -2.04. The molecule has 1 aromatic heterocycles. The van der Waals surface area contributed by atoms with Crippen LogP contribution < -0.4 is 10.1 Å². The quantitative estimate of drug-likeness (QED) is 0.423. The van der Waals surface area contributed by atoms with Gasteiger partial charge in [-0.1, -0.05) is 58.4 Å². The molecule has 26 heavy (non-hydrogen) atoms. The van der Waals surface area contributed by atoms with Crippen molar-refractivity contribution in [3.63, 3.8) is 0 Å². The Morgan fingerprint density at radius 2 is 1.92 bits per heavy atom. The van der Waals surface area contributed by atoms with Crippen LogP contribution in [-0.4, -0.2) is 23.2 Å². The highest BCUT2D eigenvalue weighted by molar-refractivity contribution is 8.00. The van der Waals surface area contributed by atoms with Crippen LogP contribution in [0.2, 0.25) is 10.0 Å². The van der Waals surface area contributed by atoms with E-state index >= 15 is 0 Å². The van der Waals surface area contributed by atoms with E-state index in [1.807, 2.05) is 0 Å². The Hall–Kier alpha value is -1.80. The third kappa shape index (κ3) is 4.67. The van der Waals surface area contributed by atoms with Crippen LogP contribution >= 0.6 is 46.3 Å². The number of nitrogens with one attached hydrogen (secondary N) is 1. The molecule has 1 amide bonds. The van der Waals surface area contributed by atoms with Gasteiger partial charge in [0, 0.05) is 21.4 Å². The van der Waals surface area contributed by atoms with Crippen LogP contribution in [0.5, 0.6) is 5.75 Å². The van der Waals surface area contributed by atoms with Gasteiger partial charge in [-0.2, -0.15) is 0 Å². The molecule has 0 fully saturated rings. The summed E-state index contributed by atoms with van der Waals surface area (Å²) in [6.45, 7) is 0. The molecular formula is C17H13Cl2N3O2S2. The van der Waals surface area contributed by atoms with Gasteiger partial charge in [0.15, 0.2) is 4.34 Å². The Bertz CT molecular complexity index is 914. The number of carbonyl (C=O) groups is 1. The number of aromatic nitrogens is 2. The van der Waals surface area contributed by atoms with E-state index in [2.05, 4.69) is 15.5 Å². The smallest absolute Gasteiger partial charge is 0.257 e. The predicted octanol–water partition coefficient (Wildman–Crippen LogP) is 5.40. The van der Waals surface area contributed by atoms with Crippen LogP contribution in [-0.2, 0) is 5.75 Å². The molecule has 9 heteroatoms. The maximum absolute atomic E-state index is 12.3. The zero-order valence-electron chi connectivity index (χ0n) is 13.5. The molecule has 0 atom stereocenters. The minimum Gasteiger partial charge on any atom is -0.497 e. The number of ether oxygens (including phenoxy) is 1. The van der Waals surface area contributed by atoms with Crippen molar-refractivity contribution in [2.75, 3.05) is 12.4 Å². The second kappa shape index (κ2) is 8.73. The Morgan fingerprint density at radius 3 is 2.65 bits per heavy atom. The normalized spacial score (nSPS) is 10.6. The van der Waals surface area contributed by atoms with Gasteiger partial charge in [-0.3, -0.25) is 10.1 Å². The topological polar surface area (TPSA) is 64.1 Å². The summed E-state index contributed by atoms with van der Waals surface area (Å²) in [6, 6.07) is 12.3. The van der Waals surface area contributed by atoms with E-state index in [1.165, 1.54) is 23.1 Å². The van der Waals surface area contributed by atoms with Crippen molar-refractivity contribution >= 4 is 57.3 Å². The summed E-state index contributed by atoms with van der Waals surface area (Å²) in [4.78, 5) is 12.3. The summed E-state index contributed by atoms with van der Waals surface area (Å²) >= 11 is 15.1. The van der Waals surface area contributed by atoms with Gasteiger partial charge in [0.25, 0.3) is 5.91 Å². The van der Waals surface area contributed by atoms with Crippen LogP contribution in [0.3, 0.4) is 0 Å². The first-order chi connectivity index (χ1) is 12.6. The van der Waals surface area contributed by atoms with Crippen LogP contribution in [0.1, 0.15) is 15.9 Å².